The summed E-state index contributed by atoms with van der Waals surface area (Å²) in [7, 11) is 0. The van der Waals surface area contributed by atoms with Crippen molar-refractivity contribution in [3.8, 4) is 11.5 Å². The fraction of sp³-hybridized carbons (Fsp3) is 0.235. The molecular formula is C17H17N3O4. The Kier molecular flexibility index (Phi) is 4.90. The fourth-order valence-electron chi connectivity index (χ4n) is 2.24. The molecule has 7 heteroatoms. The molecule has 0 bridgehead atoms. The Morgan fingerprint density at radius 2 is 1.96 bits per heavy atom. The lowest BCUT2D eigenvalue weighted by Crippen LogP contribution is -2.25. The SMILES string of the molecule is O=C(CCCn1nc(-c2ccco2)ccc1=O)NCc1ccco1. The number of aryl methyl sites for hydroxylation is 1. The quantitative estimate of drug-likeness (QED) is 0.718. The molecule has 0 aliphatic rings. The smallest absolute Gasteiger partial charge is 0.266 e. The van der Waals surface area contributed by atoms with Crippen LogP contribution in [-0.2, 0) is 17.9 Å². The van der Waals surface area contributed by atoms with Gasteiger partial charge in [-0.25, -0.2) is 4.68 Å². The summed E-state index contributed by atoms with van der Waals surface area (Å²) in [4.78, 5) is 23.6. The normalized spacial score (nSPS) is 10.7. The highest BCUT2D eigenvalue weighted by atomic mass is 16.3. The number of nitrogens with one attached hydrogen (secondary N) is 1. The van der Waals surface area contributed by atoms with E-state index in [9.17, 15) is 9.59 Å². The number of nitrogens with zero attached hydrogens (tertiary/aromatic N) is 2. The summed E-state index contributed by atoms with van der Waals surface area (Å²) in [5.74, 6) is 1.20. The first kappa shape index (κ1) is 15.8. The zero-order chi connectivity index (χ0) is 16.8. The second kappa shape index (κ2) is 7.45. The lowest BCUT2D eigenvalue weighted by atomic mass is 10.3. The minimum absolute atomic E-state index is 0.0957. The number of rotatable bonds is 7. The van der Waals surface area contributed by atoms with E-state index in [1.807, 2.05) is 0 Å². The van der Waals surface area contributed by atoms with Crippen molar-refractivity contribution >= 4 is 5.91 Å². The molecule has 0 aliphatic carbocycles. The Balaban J connectivity index is 1.52. The topological polar surface area (TPSA) is 90.3 Å². The van der Waals surface area contributed by atoms with Crippen LogP contribution >= 0.6 is 0 Å². The maximum absolute atomic E-state index is 11.9. The lowest BCUT2D eigenvalue weighted by molar-refractivity contribution is -0.121. The largest absolute Gasteiger partial charge is 0.467 e. The second-order valence-electron chi connectivity index (χ2n) is 5.22. The van der Waals surface area contributed by atoms with Crippen molar-refractivity contribution in [2.75, 3.05) is 0 Å². The van der Waals surface area contributed by atoms with E-state index in [0.29, 0.717) is 43.1 Å². The Labute approximate surface area is 137 Å². The van der Waals surface area contributed by atoms with Crippen molar-refractivity contribution in [1.82, 2.24) is 15.1 Å². The molecule has 3 rings (SSSR count). The van der Waals surface area contributed by atoms with Crippen molar-refractivity contribution in [2.24, 2.45) is 0 Å². The van der Waals surface area contributed by atoms with E-state index in [1.165, 1.54) is 10.7 Å². The molecule has 1 N–H and O–H groups in total. The average molecular weight is 327 g/mol. The molecular weight excluding hydrogens is 310 g/mol. The van der Waals surface area contributed by atoms with Gasteiger partial charge in [0, 0.05) is 19.0 Å². The second-order valence-corrected chi connectivity index (χ2v) is 5.22. The average Bonchev–Trinajstić information content (AvgIpc) is 3.28. The van der Waals surface area contributed by atoms with Gasteiger partial charge in [-0.15, -0.1) is 0 Å². The van der Waals surface area contributed by atoms with E-state index in [2.05, 4.69) is 10.4 Å². The van der Waals surface area contributed by atoms with Gasteiger partial charge in [-0.2, -0.15) is 5.10 Å². The molecule has 1 amide bonds. The van der Waals surface area contributed by atoms with Gasteiger partial charge in [0.15, 0.2) is 5.76 Å². The van der Waals surface area contributed by atoms with E-state index in [1.54, 1.807) is 42.9 Å². The number of aromatic nitrogens is 2. The molecule has 0 saturated carbocycles. The number of hydrogen-bond donors (Lipinski definition) is 1. The van der Waals surface area contributed by atoms with Gasteiger partial charge in [0.2, 0.25) is 5.91 Å². The molecule has 0 radical (unpaired) electrons. The van der Waals surface area contributed by atoms with Crippen molar-refractivity contribution in [3.05, 3.63) is 65.0 Å². The van der Waals surface area contributed by atoms with Gasteiger partial charge in [0.05, 0.1) is 19.1 Å². The number of hydrogen-bond acceptors (Lipinski definition) is 5. The molecule has 7 nitrogen and oxygen atoms in total. The van der Waals surface area contributed by atoms with Crippen LogP contribution in [0.15, 0.2) is 62.6 Å². The summed E-state index contributed by atoms with van der Waals surface area (Å²) in [6, 6.07) is 10.2. The van der Waals surface area contributed by atoms with Crippen molar-refractivity contribution < 1.29 is 13.6 Å². The van der Waals surface area contributed by atoms with Gasteiger partial charge in [-0.3, -0.25) is 9.59 Å². The van der Waals surface area contributed by atoms with Crippen LogP contribution in [0.2, 0.25) is 0 Å². The third kappa shape index (κ3) is 4.01. The fourth-order valence-corrected chi connectivity index (χ4v) is 2.24. The van der Waals surface area contributed by atoms with Crippen LogP contribution in [0.1, 0.15) is 18.6 Å². The third-order valence-corrected chi connectivity index (χ3v) is 3.45. The third-order valence-electron chi connectivity index (χ3n) is 3.45. The first-order valence-electron chi connectivity index (χ1n) is 7.63. The summed E-state index contributed by atoms with van der Waals surface area (Å²) in [5.41, 5.74) is 0.378. The van der Waals surface area contributed by atoms with Gasteiger partial charge in [-0.1, -0.05) is 0 Å². The van der Waals surface area contributed by atoms with E-state index in [4.69, 9.17) is 8.83 Å². The molecule has 0 spiro atoms. The maximum Gasteiger partial charge on any atom is 0.266 e. The number of carbonyl (C=O) groups excluding carboxylic acids is 1. The van der Waals surface area contributed by atoms with Crippen LogP contribution < -0.4 is 10.9 Å². The zero-order valence-corrected chi connectivity index (χ0v) is 13.0. The van der Waals surface area contributed by atoms with E-state index in [0.717, 1.165) is 0 Å². The summed E-state index contributed by atoms with van der Waals surface area (Å²) < 4.78 is 11.8. The molecule has 0 atom stereocenters. The Hall–Kier alpha value is -3.09. The van der Waals surface area contributed by atoms with Crippen molar-refractivity contribution in [3.63, 3.8) is 0 Å². The van der Waals surface area contributed by atoms with Crippen molar-refractivity contribution in [2.45, 2.75) is 25.9 Å². The van der Waals surface area contributed by atoms with Crippen LogP contribution in [0.3, 0.4) is 0 Å². The zero-order valence-electron chi connectivity index (χ0n) is 13.0. The number of carbonyl (C=O) groups is 1. The Morgan fingerprint density at radius 3 is 2.71 bits per heavy atom. The molecule has 3 aromatic heterocycles. The van der Waals surface area contributed by atoms with Gasteiger partial charge < -0.3 is 14.2 Å². The van der Waals surface area contributed by atoms with Gasteiger partial charge in [0.1, 0.15) is 11.5 Å². The minimum Gasteiger partial charge on any atom is -0.467 e. The first-order valence-corrected chi connectivity index (χ1v) is 7.63. The monoisotopic (exact) mass is 327 g/mol. The van der Waals surface area contributed by atoms with Gasteiger partial charge >= 0.3 is 0 Å². The molecule has 0 saturated heterocycles. The highest BCUT2D eigenvalue weighted by Crippen LogP contribution is 2.15. The maximum atomic E-state index is 11.9. The van der Waals surface area contributed by atoms with E-state index < -0.39 is 0 Å². The standard InChI is InChI=1S/C17H17N3O4/c21-16(18-12-13-4-2-10-23-13)6-1-9-20-17(22)8-7-14(19-20)15-5-3-11-24-15/h2-5,7-8,10-11H,1,6,9,12H2,(H,18,21). The molecule has 0 aromatic carbocycles. The molecule has 124 valence electrons. The summed E-state index contributed by atoms with van der Waals surface area (Å²) in [5, 5.41) is 7.03. The van der Waals surface area contributed by atoms with Crippen LogP contribution in [0.25, 0.3) is 11.5 Å². The molecule has 0 unspecified atom stereocenters. The minimum atomic E-state index is -0.207. The molecule has 3 heterocycles. The lowest BCUT2D eigenvalue weighted by Gasteiger charge is -2.06. The van der Waals surface area contributed by atoms with Crippen LogP contribution in [0, 0.1) is 0 Å². The summed E-state index contributed by atoms with van der Waals surface area (Å²) >= 11 is 0. The molecule has 24 heavy (non-hydrogen) atoms. The predicted octanol–water partition coefficient (Wildman–Crippen LogP) is 2.19. The summed E-state index contributed by atoms with van der Waals surface area (Å²) in [6.07, 6.45) is 3.93. The van der Waals surface area contributed by atoms with Gasteiger partial charge in [-0.05, 0) is 36.8 Å². The van der Waals surface area contributed by atoms with E-state index >= 15 is 0 Å². The highest BCUT2D eigenvalue weighted by molar-refractivity contribution is 5.75. The Bertz CT molecular complexity index is 835. The first-order chi connectivity index (χ1) is 11.7. The van der Waals surface area contributed by atoms with Crippen LogP contribution in [-0.4, -0.2) is 15.7 Å². The van der Waals surface area contributed by atoms with Gasteiger partial charge in [0.25, 0.3) is 5.56 Å². The van der Waals surface area contributed by atoms with Crippen LogP contribution in [0.4, 0.5) is 0 Å². The number of amides is 1. The van der Waals surface area contributed by atoms with Crippen molar-refractivity contribution in [1.29, 1.82) is 0 Å². The predicted molar refractivity (Wildman–Crippen MR) is 86.0 cm³/mol. The molecule has 0 aliphatic heterocycles. The summed E-state index contributed by atoms with van der Waals surface area (Å²) in [6.45, 7) is 0.722. The number of furan rings is 2. The van der Waals surface area contributed by atoms with Crippen LogP contribution in [0.5, 0.6) is 0 Å². The highest BCUT2D eigenvalue weighted by Gasteiger charge is 2.07. The Morgan fingerprint density at radius 1 is 1.12 bits per heavy atom. The molecule has 3 aromatic rings. The van der Waals surface area contributed by atoms with E-state index in [-0.39, 0.29) is 11.5 Å². The molecule has 0 fully saturated rings.